The number of benzene rings is 2. The maximum atomic E-state index is 14.1. The molecule has 2 aromatic heterocycles. The number of halogens is 2. The van der Waals surface area contributed by atoms with Gasteiger partial charge >= 0.3 is 0 Å². The first-order valence-corrected chi connectivity index (χ1v) is 17.0. The summed E-state index contributed by atoms with van der Waals surface area (Å²) in [5, 5.41) is 8.40. The lowest BCUT2D eigenvalue weighted by atomic mass is 10.1. The second-order valence-electron chi connectivity index (χ2n) is 11.3. The Kier molecular flexibility index (Phi) is 7.59. The summed E-state index contributed by atoms with van der Waals surface area (Å²) in [7, 11) is -2.42. The minimum absolute atomic E-state index is 0.0933. The van der Waals surface area contributed by atoms with Crippen molar-refractivity contribution in [2.75, 3.05) is 49.6 Å². The molecule has 7 rings (SSSR count). The largest absolute Gasteiger partial charge is 0.379 e. The first-order chi connectivity index (χ1) is 20.8. The van der Waals surface area contributed by atoms with E-state index in [1.54, 1.807) is 35.0 Å². The Bertz CT molecular complexity index is 1880. The maximum Gasteiger partial charge on any atom is 0.260 e. The highest BCUT2D eigenvalue weighted by atomic mass is 35.5. The normalized spacial score (nSPS) is 20.3. The number of anilines is 3. The zero-order valence-electron chi connectivity index (χ0n) is 23.5. The van der Waals surface area contributed by atoms with Gasteiger partial charge in [0.1, 0.15) is 5.65 Å². The van der Waals surface area contributed by atoms with Crippen molar-refractivity contribution in [2.45, 2.75) is 35.4 Å². The van der Waals surface area contributed by atoms with Crippen LogP contribution in [-0.2, 0) is 14.3 Å². The predicted molar refractivity (Wildman–Crippen MR) is 175 cm³/mol. The number of rotatable bonds is 7. The number of hydrogen-bond acceptors (Lipinski definition) is 8. The van der Waals surface area contributed by atoms with Crippen LogP contribution in [0.2, 0.25) is 10.0 Å². The molecule has 2 atom stereocenters. The van der Waals surface area contributed by atoms with E-state index in [2.05, 4.69) is 26.4 Å². The summed E-state index contributed by atoms with van der Waals surface area (Å²) in [6.07, 6.45) is 4.21. The molecular weight excluding hydrogens is 607 g/mol. The third kappa shape index (κ3) is 5.51. The molecule has 2 N–H and O–H groups in total. The van der Waals surface area contributed by atoms with Gasteiger partial charge in [0.05, 0.1) is 23.4 Å². The molecule has 0 spiro atoms. The summed E-state index contributed by atoms with van der Waals surface area (Å²) < 4.78 is 20.6. The molecule has 9 nitrogen and oxygen atoms in total. The molecule has 0 bridgehead atoms. The molecule has 2 aromatic carbocycles. The minimum atomic E-state index is -2.42. The van der Waals surface area contributed by atoms with Gasteiger partial charge in [0.15, 0.2) is 0 Å². The number of hydrogen-bond donors (Lipinski definition) is 2. The second-order valence-corrected chi connectivity index (χ2v) is 14.7. The summed E-state index contributed by atoms with van der Waals surface area (Å²) in [6.45, 7) is 4.62. The highest BCUT2D eigenvalue weighted by Crippen LogP contribution is 2.37. The molecule has 0 radical (unpaired) electrons. The van der Waals surface area contributed by atoms with Gasteiger partial charge in [0.25, 0.3) is 5.56 Å². The molecule has 3 aliphatic rings. The molecule has 4 aromatic rings. The monoisotopic (exact) mass is 638 g/mol. The maximum absolute atomic E-state index is 14.1. The fraction of sp³-hybridized carbons (Fsp3) is 0.355. The highest BCUT2D eigenvalue weighted by Gasteiger charge is 2.32. The van der Waals surface area contributed by atoms with Crippen LogP contribution in [0.4, 0.5) is 17.3 Å². The third-order valence-corrected chi connectivity index (χ3v) is 11.6. The predicted octanol–water partition coefficient (Wildman–Crippen LogP) is 5.12. The van der Waals surface area contributed by atoms with Gasteiger partial charge in [-0.1, -0.05) is 29.3 Å². The molecule has 2 saturated heterocycles. The zero-order valence-corrected chi connectivity index (χ0v) is 25.9. The van der Waals surface area contributed by atoms with Crippen molar-refractivity contribution in [1.29, 1.82) is 0 Å². The Balaban J connectivity index is 1.26. The standard InChI is InChI=1S/C31H32Cl2N6O3S/c1-43(41,22-3-4-22)23-5-6-24(26(32)16-23)25-14-19-17-35-31(37-29(19)39(30(25)40)21-8-13-42-18-21)36-20-2-7-28(27(33)15-20)38-11-9-34-10-12-38/h2,5-7,14-17,21-22,34H,1,3-4,8-13,18H2,(H,35,36,37). The smallest absolute Gasteiger partial charge is 0.260 e. The third-order valence-electron chi connectivity index (χ3n) is 8.40. The van der Waals surface area contributed by atoms with Crippen LogP contribution in [0.3, 0.4) is 0 Å². The van der Waals surface area contributed by atoms with Crippen molar-refractivity contribution in [3.63, 3.8) is 0 Å². The zero-order chi connectivity index (χ0) is 29.7. The van der Waals surface area contributed by atoms with E-state index in [1.165, 1.54) is 0 Å². The molecule has 12 heteroatoms. The molecule has 224 valence electrons. The van der Waals surface area contributed by atoms with Gasteiger partial charge < -0.3 is 20.3 Å². The molecule has 4 heterocycles. The van der Waals surface area contributed by atoms with E-state index in [0.29, 0.717) is 62.7 Å². The molecule has 3 fully saturated rings. The quantitative estimate of drug-likeness (QED) is 0.269. The summed E-state index contributed by atoms with van der Waals surface area (Å²) in [6, 6.07) is 12.7. The molecule has 1 aliphatic carbocycles. The Morgan fingerprint density at radius 3 is 2.53 bits per heavy atom. The second kappa shape index (κ2) is 11.4. The van der Waals surface area contributed by atoms with Crippen molar-refractivity contribution in [2.24, 2.45) is 0 Å². The summed E-state index contributed by atoms with van der Waals surface area (Å²) in [5.74, 6) is 4.35. The molecule has 2 aliphatic heterocycles. The Labute approximate surface area is 260 Å². The van der Waals surface area contributed by atoms with Gasteiger partial charge in [0.2, 0.25) is 5.95 Å². The lowest BCUT2D eigenvalue weighted by molar-refractivity contribution is 0.186. The number of pyridine rings is 1. The summed E-state index contributed by atoms with van der Waals surface area (Å²) in [4.78, 5) is 26.3. The van der Waals surface area contributed by atoms with Crippen LogP contribution in [-0.4, -0.2) is 69.3 Å². The van der Waals surface area contributed by atoms with Crippen LogP contribution in [0.15, 0.2) is 58.4 Å². The average molecular weight is 640 g/mol. The Morgan fingerprint density at radius 1 is 1.02 bits per heavy atom. The van der Waals surface area contributed by atoms with Crippen molar-refractivity contribution in [3.8, 4) is 11.1 Å². The Morgan fingerprint density at radius 2 is 1.84 bits per heavy atom. The van der Waals surface area contributed by atoms with Gasteiger partial charge in [-0.05, 0) is 71.1 Å². The van der Waals surface area contributed by atoms with Crippen molar-refractivity contribution >= 4 is 67.0 Å². The highest BCUT2D eigenvalue weighted by molar-refractivity contribution is 8.01. The SMILES string of the molecule is C=S(=O)(c1ccc(-c2cc3cnc(Nc4ccc(N5CCNCC5)c(Cl)c4)nc3n(C3CCOC3)c2=O)c(Cl)c1)C1CC1. The van der Waals surface area contributed by atoms with Gasteiger partial charge in [-0.15, -0.1) is 0 Å². The lowest BCUT2D eigenvalue weighted by Gasteiger charge is -2.30. The van der Waals surface area contributed by atoms with Crippen LogP contribution in [0.25, 0.3) is 22.2 Å². The molecule has 2 unspecified atom stereocenters. The Hall–Kier alpha value is -3.15. The minimum Gasteiger partial charge on any atom is -0.379 e. The van der Waals surface area contributed by atoms with Crippen LogP contribution in [0.1, 0.15) is 25.3 Å². The number of nitrogens with zero attached hydrogens (tertiary/aromatic N) is 4. The number of aromatic nitrogens is 3. The van der Waals surface area contributed by atoms with E-state index in [4.69, 9.17) is 32.9 Å². The van der Waals surface area contributed by atoms with E-state index in [1.807, 2.05) is 18.2 Å². The number of fused-ring (bicyclic) bond motifs is 1. The summed E-state index contributed by atoms with van der Waals surface area (Å²) in [5.41, 5.74) is 3.02. The number of nitrogens with one attached hydrogen (secondary N) is 2. The van der Waals surface area contributed by atoms with E-state index in [0.717, 1.165) is 50.4 Å². The first kappa shape index (κ1) is 28.6. The van der Waals surface area contributed by atoms with Crippen molar-refractivity contribution in [1.82, 2.24) is 19.9 Å². The van der Waals surface area contributed by atoms with Crippen LogP contribution in [0.5, 0.6) is 0 Å². The molecule has 1 saturated carbocycles. The van der Waals surface area contributed by atoms with Crippen molar-refractivity contribution in [3.05, 3.63) is 69.1 Å². The lowest BCUT2D eigenvalue weighted by Crippen LogP contribution is -2.43. The fourth-order valence-electron chi connectivity index (χ4n) is 5.88. The van der Waals surface area contributed by atoms with E-state index >= 15 is 0 Å². The topological polar surface area (TPSA) is 101 Å². The van der Waals surface area contributed by atoms with E-state index in [9.17, 15) is 9.00 Å². The van der Waals surface area contributed by atoms with Crippen LogP contribution in [0, 0.1) is 0 Å². The molecule has 43 heavy (non-hydrogen) atoms. The van der Waals surface area contributed by atoms with Gasteiger partial charge in [-0.3, -0.25) is 13.6 Å². The van der Waals surface area contributed by atoms with E-state index in [-0.39, 0.29) is 16.9 Å². The van der Waals surface area contributed by atoms with Crippen molar-refractivity contribution < 1.29 is 8.95 Å². The molecular formula is C31H32Cl2N6O3S. The van der Waals surface area contributed by atoms with Gasteiger partial charge in [0, 0.05) is 76.4 Å². The first-order valence-electron chi connectivity index (χ1n) is 14.5. The number of ether oxygens (including phenoxy) is 1. The van der Waals surface area contributed by atoms with Crippen LogP contribution < -0.4 is 21.1 Å². The molecule has 0 amide bonds. The van der Waals surface area contributed by atoms with Gasteiger partial charge in [-0.2, -0.15) is 4.98 Å². The fourth-order valence-corrected chi connectivity index (χ4v) is 8.43. The van der Waals surface area contributed by atoms with Crippen LogP contribution >= 0.6 is 23.2 Å². The summed E-state index contributed by atoms with van der Waals surface area (Å²) >= 11 is 13.4. The van der Waals surface area contributed by atoms with E-state index < -0.39 is 9.52 Å². The van der Waals surface area contributed by atoms with Gasteiger partial charge in [-0.25, -0.2) is 4.98 Å². The number of piperazine rings is 1. The average Bonchev–Trinajstić information content (AvgIpc) is 3.74.